The third kappa shape index (κ3) is 3.83. The highest BCUT2D eigenvalue weighted by atomic mass is 16.3. The molecule has 1 unspecified atom stereocenters. The normalized spacial score (nSPS) is 28.4. The summed E-state index contributed by atoms with van der Waals surface area (Å²) in [5, 5.41) is 10.00. The Hall–Kier alpha value is -0.480. The maximum absolute atomic E-state index is 10.00. The minimum atomic E-state index is -0.169. The van der Waals surface area contributed by atoms with Gasteiger partial charge in [0.1, 0.15) is 0 Å². The van der Waals surface area contributed by atoms with Gasteiger partial charge in [-0.05, 0) is 49.4 Å². The Balaban J connectivity index is 2.35. The zero-order valence-electron chi connectivity index (χ0n) is 11.0. The lowest BCUT2D eigenvalue weighted by molar-refractivity contribution is 0.0491. The third-order valence-corrected chi connectivity index (χ3v) is 4.13. The summed E-state index contributed by atoms with van der Waals surface area (Å²) in [7, 11) is 0. The summed E-state index contributed by atoms with van der Waals surface area (Å²) in [6.07, 6.45) is 11.4. The Morgan fingerprint density at radius 1 is 1.25 bits per heavy atom. The van der Waals surface area contributed by atoms with Gasteiger partial charge in [0.2, 0.25) is 0 Å². The Morgan fingerprint density at radius 3 is 2.25 bits per heavy atom. The first-order valence-corrected chi connectivity index (χ1v) is 6.56. The van der Waals surface area contributed by atoms with Gasteiger partial charge in [-0.1, -0.05) is 20.8 Å². The molecule has 1 nitrogen and oxygen atoms in total. The van der Waals surface area contributed by atoms with Crippen LogP contribution in [-0.2, 0) is 0 Å². The van der Waals surface area contributed by atoms with Crippen LogP contribution >= 0.6 is 0 Å². The van der Waals surface area contributed by atoms with Crippen LogP contribution in [-0.4, -0.2) is 11.2 Å². The zero-order valence-corrected chi connectivity index (χ0v) is 11.0. The molecular formula is C15H26O. The molecule has 16 heavy (non-hydrogen) atoms. The molecule has 0 amide bonds. The maximum Gasteiger partial charge on any atom is 0.0577 e. The van der Waals surface area contributed by atoms with Crippen molar-refractivity contribution in [1.29, 1.82) is 0 Å². The van der Waals surface area contributed by atoms with E-state index in [1.54, 1.807) is 0 Å². The van der Waals surface area contributed by atoms with Crippen LogP contribution < -0.4 is 0 Å². The van der Waals surface area contributed by atoms with Crippen molar-refractivity contribution in [2.45, 2.75) is 65.4 Å². The Bertz CT molecular complexity index is 235. The van der Waals surface area contributed by atoms with Gasteiger partial charge in [-0.3, -0.25) is 0 Å². The number of aliphatic hydroxyl groups excluding tert-OH is 1. The van der Waals surface area contributed by atoms with Crippen molar-refractivity contribution in [1.82, 2.24) is 0 Å². The fraction of sp³-hybridized carbons (Fsp3) is 0.867. The van der Waals surface area contributed by atoms with Crippen LogP contribution in [0.25, 0.3) is 0 Å². The molecule has 1 saturated carbocycles. The highest BCUT2D eigenvalue weighted by molar-refractivity contribution is 4.87. The van der Waals surface area contributed by atoms with Crippen molar-refractivity contribution >= 4 is 0 Å². The van der Waals surface area contributed by atoms with E-state index in [0.29, 0.717) is 17.8 Å². The summed E-state index contributed by atoms with van der Waals surface area (Å²) in [6, 6.07) is 0. The molecule has 1 N–H and O–H groups in total. The molecule has 0 saturated heterocycles. The van der Waals surface area contributed by atoms with Gasteiger partial charge in [-0.15, -0.1) is 12.3 Å². The summed E-state index contributed by atoms with van der Waals surface area (Å²) >= 11 is 0. The van der Waals surface area contributed by atoms with E-state index in [2.05, 4.69) is 26.7 Å². The Kier molecular flexibility index (Phi) is 4.87. The van der Waals surface area contributed by atoms with E-state index in [1.807, 2.05) is 0 Å². The van der Waals surface area contributed by atoms with Gasteiger partial charge in [-0.25, -0.2) is 0 Å². The van der Waals surface area contributed by atoms with Crippen molar-refractivity contribution in [2.24, 2.45) is 17.3 Å². The van der Waals surface area contributed by atoms with Gasteiger partial charge in [0, 0.05) is 6.42 Å². The van der Waals surface area contributed by atoms with Gasteiger partial charge in [-0.2, -0.15) is 0 Å². The van der Waals surface area contributed by atoms with Crippen molar-refractivity contribution in [3.8, 4) is 12.3 Å². The van der Waals surface area contributed by atoms with E-state index in [-0.39, 0.29) is 6.10 Å². The molecule has 0 heterocycles. The molecule has 0 aliphatic heterocycles. The molecule has 0 aromatic rings. The third-order valence-electron chi connectivity index (χ3n) is 4.13. The van der Waals surface area contributed by atoms with Gasteiger partial charge in [0.25, 0.3) is 0 Å². The van der Waals surface area contributed by atoms with Crippen LogP contribution in [0.15, 0.2) is 0 Å². The number of terminal acetylenes is 1. The minimum absolute atomic E-state index is 0.169. The molecule has 1 fully saturated rings. The Labute approximate surface area is 101 Å². The van der Waals surface area contributed by atoms with E-state index in [9.17, 15) is 5.11 Å². The Morgan fingerprint density at radius 2 is 1.81 bits per heavy atom. The summed E-state index contributed by atoms with van der Waals surface area (Å²) in [5.41, 5.74) is 0.425. The molecule has 0 aromatic carbocycles. The largest absolute Gasteiger partial charge is 0.393 e. The van der Waals surface area contributed by atoms with E-state index in [0.717, 1.165) is 12.3 Å². The molecule has 92 valence electrons. The first kappa shape index (κ1) is 13.6. The molecular weight excluding hydrogens is 196 g/mol. The predicted octanol–water partition coefficient (Wildman–Crippen LogP) is 3.61. The molecule has 1 atom stereocenters. The minimum Gasteiger partial charge on any atom is -0.393 e. The van der Waals surface area contributed by atoms with Crippen molar-refractivity contribution in [2.75, 3.05) is 0 Å². The molecule has 0 bridgehead atoms. The standard InChI is InChI=1S/C15H26O/c1-5-6-7-14(16)12-8-10-13(11-9-12)15(2,3)4/h1,12-14,16H,6-11H2,2-4H3. The molecule has 0 aromatic heterocycles. The molecule has 1 heteroatoms. The zero-order chi connectivity index (χ0) is 12.2. The number of hydrogen-bond donors (Lipinski definition) is 1. The fourth-order valence-electron chi connectivity index (χ4n) is 2.84. The SMILES string of the molecule is C#CCCC(O)C1CCC(C(C)(C)C)CC1. The molecule has 1 aliphatic rings. The topological polar surface area (TPSA) is 20.2 Å². The van der Waals surface area contributed by atoms with E-state index >= 15 is 0 Å². The quantitative estimate of drug-likeness (QED) is 0.723. The lowest BCUT2D eigenvalue weighted by Crippen LogP contribution is -2.30. The lowest BCUT2D eigenvalue weighted by Gasteiger charge is -2.38. The van der Waals surface area contributed by atoms with Crippen LogP contribution in [0.4, 0.5) is 0 Å². The van der Waals surface area contributed by atoms with E-state index in [1.165, 1.54) is 25.7 Å². The summed E-state index contributed by atoms with van der Waals surface area (Å²) in [6.45, 7) is 6.98. The predicted molar refractivity (Wildman–Crippen MR) is 69.0 cm³/mol. The second-order valence-electron chi connectivity index (χ2n) is 6.29. The van der Waals surface area contributed by atoms with Crippen molar-refractivity contribution < 1.29 is 5.11 Å². The number of aliphatic hydroxyl groups is 1. The summed E-state index contributed by atoms with van der Waals surface area (Å²) in [4.78, 5) is 0. The van der Waals surface area contributed by atoms with Crippen LogP contribution in [0.3, 0.4) is 0 Å². The highest BCUT2D eigenvalue weighted by Gasteiger charge is 2.31. The average molecular weight is 222 g/mol. The fourth-order valence-corrected chi connectivity index (χ4v) is 2.84. The first-order chi connectivity index (χ1) is 7.45. The van der Waals surface area contributed by atoms with Gasteiger partial charge < -0.3 is 5.11 Å². The number of rotatable bonds is 3. The first-order valence-electron chi connectivity index (χ1n) is 6.56. The molecule has 0 spiro atoms. The molecule has 0 radical (unpaired) electrons. The van der Waals surface area contributed by atoms with Crippen molar-refractivity contribution in [3.63, 3.8) is 0 Å². The maximum atomic E-state index is 10.00. The second-order valence-corrected chi connectivity index (χ2v) is 6.29. The molecule has 1 rings (SSSR count). The summed E-state index contributed by atoms with van der Waals surface area (Å²) < 4.78 is 0. The summed E-state index contributed by atoms with van der Waals surface area (Å²) in [5.74, 6) is 3.93. The lowest BCUT2D eigenvalue weighted by atomic mass is 9.68. The van der Waals surface area contributed by atoms with Crippen LogP contribution in [0.1, 0.15) is 59.3 Å². The second kappa shape index (κ2) is 5.73. The number of hydrogen-bond acceptors (Lipinski definition) is 1. The average Bonchev–Trinajstić information content (AvgIpc) is 2.25. The van der Waals surface area contributed by atoms with Gasteiger partial charge >= 0.3 is 0 Å². The van der Waals surface area contributed by atoms with Gasteiger partial charge in [0.15, 0.2) is 0 Å². The van der Waals surface area contributed by atoms with Crippen molar-refractivity contribution in [3.05, 3.63) is 0 Å². The van der Waals surface area contributed by atoms with Gasteiger partial charge in [0.05, 0.1) is 6.10 Å². The van der Waals surface area contributed by atoms with Crippen LogP contribution in [0, 0.1) is 29.6 Å². The van der Waals surface area contributed by atoms with E-state index < -0.39 is 0 Å². The highest BCUT2D eigenvalue weighted by Crippen LogP contribution is 2.41. The smallest absolute Gasteiger partial charge is 0.0577 e. The van der Waals surface area contributed by atoms with Crippen LogP contribution in [0.5, 0.6) is 0 Å². The monoisotopic (exact) mass is 222 g/mol. The van der Waals surface area contributed by atoms with E-state index in [4.69, 9.17) is 6.42 Å². The molecule has 1 aliphatic carbocycles. The van der Waals surface area contributed by atoms with Crippen LogP contribution in [0.2, 0.25) is 0 Å².